The molecule has 0 amide bonds. The summed E-state index contributed by atoms with van der Waals surface area (Å²) in [6, 6.07) is 7.13. The second-order valence-corrected chi connectivity index (χ2v) is 6.62. The molecule has 1 nitrogen and oxygen atoms in total. The van der Waals surface area contributed by atoms with Gasteiger partial charge >= 0.3 is 0 Å². The van der Waals surface area contributed by atoms with Gasteiger partial charge in [0.05, 0.1) is 10.8 Å². The van der Waals surface area contributed by atoms with Gasteiger partial charge in [0.25, 0.3) is 0 Å². The van der Waals surface area contributed by atoms with Gasteiger partial charge in [-0.1, -0.05) is 41.4 Å². The highest BCUT2D eigenvalue weighted by molar-refractivity contribution is 7.90. The van der Waals surface area contributed by atoms with Crippen molar-refractivity contribution in [2.75, 3.05) is 0 Å². The van der Waals surface area contributed by atoms with E-state index in [1.165, 1.54) is 0 Å². The first-order valence-corrected chi connectivity index (χ1v) is 5.92. The maximum absolute atomic E-state index is 11.7. The van der Waals surface area contributed by atoms with Crippen LogP contribution in [0.2, 0.25) is 0 Å². The smallest absolute Gasteiger partial charge is 0.216 e. The standard InChI is InChI=1S/C8H5Cl3OS/c9-7-5-3-1-2-4-6(5)13(12)8(7,10)11/h1-4,7H. The number of hydrogen-bond acceptors (Lipinski definition) is 1. The summed E-state index contributed by atoms with van der Waals surface area (Å²) in [5.74, 6) is 0. The number of rotatable bonds is 0. The molecule has 13 heavy (non-hydrogen) atoms. The van der Waals surface area contributed by atoms with Crippen LogP contribution in [-0.4, -0.2) is 7.87 Å². The SMILES string of the molecule is O=S1c2ccccc2C(Cl)C1(Cl)Cl. The van der Waals surface area contributed by atoms with Crippen LogP contribution in [0.4, 0.5) is 0 Å². The number of halogens is 3. The zero-order valence-corrected chi connectivity index (χ0v) is 9.42. The van der Waals surface area contributed by atoms with E-state index in [0.717, 1.165) is 5.56 Å². The van der Waals surface area contributed by atoms with Crippen molar-refractivity contribution in [3.05, 3.63) is 29.8 Å². The minimum atomic E-state index is -1.44. The molecule has 1 aliphatic heterocycles. The molecular formula is C8H5Cl3OS. The Labute approximate surface area is 93.4 Å². The van der Waals surface area contributed by atoms with E-state index in [-0.39, 0.29) is 0 Å². The molecule has 70 valence electrons. The molecule has 5 heteroatoms. The van der Waals surface area contributed by atoms with Crippen LogP contribution in [0.3, 0.4) is 0 Å². The van der Waals surface area contributed by atoms with Crippen LogP contribution in [0.5, 0.6) is 0 Å². The lowest BCUT2D eigenvalue weighted by Crippen LogP contribution is -2.17. The third-order valence-corrected chi connectivity index (χ3v) is 5.63. The van der Waals surface area contributed by atoms with Crippen LogP contribution < -0.4 is 0 Å². The molecule has 0 aliphatic carbocycles. The Kier molecular flexibility index (Phi) is 2.35. The summed E-state index contributed by atoms with van der Waals surface area (Å²) in [5, 5.41) is -0.604. The van der Waals surface area contributed by atoms with E-state index in [2.05, 4.69) is 0 Å². The highest BCUT2D eigenvalue weighted by Crippen LogP contribution is 2.52. The van der Waals surface area contributed by atoms with Gasteiger partial charge in [-0.15, -0.1) is 11.6 Å². The summed E-state index contributed by atoms with van der Waals surface area (Å²) >= 11 is 17.7. The van der Waals surface area contributed by atoms with Crippen LogP contribution in [-0.2, 0) is 10.8 Å². The molecule has 2 unspecified atom stereocenters. The fraction of sp³-hybridized carbons (Fsp3) is 0.250. The summed E-state index contributed by atoms with van der Waals surface area (Å²) in [6.07, 6.45) is 0. The Bertz CT molecular complexity index is 377. The van der Waals surface area contributed by atoms with Gasteiger partial charge in [-0.2, -0.15) is 0 Å². The molecule has 0 bridgehead atoms. The zero-order chi connectivity index (χ0) is 9.64. The largest absolute Gasteiger partial charge is 0.251 e. The Morgan fingerprint density at radius 2 is 1.92 bits per heavy atom. The highest BCUT2D eigenvalue weighted by atomic mass is 35.5. The van der Waals surface area contributed by atoms with Gasteiger partial charge in [0.15, 0.2) is 0 Å². The van der Waals surface area contributed by atoms with E-state index < -0.39 is 19.8 Å². The summed E-state index contributed by atoms with van der Waals surface area (Å²) in [7, 11) is -1.44. The molecule has 0 saturated heterocycles. The number of fused-ring (bicyclic) bond motifs is 1. The van der Waals surface area contributed by atoms with Crippen LogP contribution in [0.1, 0.15) is 10.9 Å². The Hall–Kier alpha value is 0.240. The predicted octanol–water partition coefficient (Wildman–Crippen LogP) is 3.22. The van der Waals surface area contributed by atoms with Crippen molar-refractivity contribution in [1.82, 2.24) is 0 Å². The molecule has 0 spiro atoms. The van der Waals surface area contributed by atoms with Gasteiger partial charge in [0, 0.05) is 4.90 Å². The summed E-state index contributed by atoms with van der Waals surface area (Å²) in [5.41, 5.74) is 0.757. The Balaban J connectivity index is 2.64. The molecule has 0 N–H and O–H groups in total. The van der Waals surface area contributed by atoms with E-state index in [4.69, 9.17) is 34.8 Å². The number of alkyl halides is 3. The molecule has 0 radical (unpaired) electrons. The lowest BCUT2D eigenvalue weighted by atomic mass is 10.2. The topological polar surface area (TPSA) is 17.1 Å². The molecule has 0 saturated carbocycles. The van der Waals surface area contributed by atoms with E-state index in [1.54, 1.807) is 18.2 Å². The molecule has 0 fully saturated rings. The maximum atomic E-state index is 11.7. The van der Waals surface area contributed by atoms with E-state index >= 15 is 0 Å². The van der Waals surface area contributed by atoms with Crippen LogP contribution in [0.25, 0.3) is 0 Å². The highest BCUT2D eigenvalue weighted by Gasteiger charge is 2.49. The van der Waals surface area contributed by atoms with Crippen LogP contribution in [0.15, 0.2) is 29.2 Å². The van der Waals surface area contributed by atoms with Gasteiger partial charge in [0.1, 0.15) is 5.38 Å². The number of hydrogen-bond donors (Lipinski definition) is 0. The van der Waals surface area contributed by atoms with Gasteiger partial charge in [0.2, 0.25) is 3.67 Å². The van der Waals surface area contributed by atoms with Crippen molar-refractivity contribution in [1.29, 1.82) is 0 Å². The van der Waals surface area contributed by atoms with Crippen molar-refractivity contribution < 1.29 is 4.21 Å². The van der Waals surface area contributed by atoms with Gasteiger partial charge in [-0.3, -0.25) is 4.21 Å². The molecule has 1 aromatic carbocycles. The fourth-order valence-corrected chi connectivity index (χ4v) is 3.72. The van der Waals surface area contributed by atoms with Crippen molar-refractivity contribution in [3.63, 3.8) is 0 Å². The maximum Gasteiger partial charge on any atom is 0.216 e. The first kappa shape index (κ1) is 9.78. The van der Waals surface area contributed by atoms with E-state index in [0.29, 0.717) is 4.90 Å². The van der Waals surface area contributed by atoms with E-state index in [9.17, 15) is 4.21 Å². The summed E-state index contributed by atoms with van der Waals surface area (Å²) in [4.78, 5) is 0.632. The second kappa shape index (κ2) is 3.13. The van der Waals surface area contributed by atoms with Gasteiger partial charge < -0.3 is 0 Å². The molecule has 1 heterocycles. The fourth-order valence-electron chi connectivity index (χ4n) is 1.28. The minimum Gasteiger partial charge on any atom is -0.251 e. The quantitative estimate of drug-likeness (QED) is 0.651. The Morgan fingerprint density at radius 1 is 1.31 bits per heavy atom. The third-order valence-electron chi connectivity index (χ3n) is 1.93. The Morgan fingerprint density at radius 3 is 2.54 bits per heavy atom. The summed E-state index contributed by atoms with van der Waals surface area (Å²) < 4.78 is 10.3. The monoisotopic (exact) mass is 254 g/mol. The van der Waals surface area contributed by atoms with Crippen LogP contribution >= 0.6 is 34.8 Å². The van der Waals surface area contributed by atoms with Crippen molar-refractivity contribution in [2.24, 2.45) is 0 Å². The molecule has 2 atom stereocenters. The number of benzene rings is 1. The predicted molar refractivity (Wildman–Crippen MR) is 55.9 cm³/mol. The van der Waals surface area contributed by atoms with Crippen molar-refractivity contribution in [3.8, 4) is 0 Å². The average Bonchev–Trinajstić information content (AvgIpc) is 2.30. The van der Waals surface area contributed by atoms with E-state index in [1.807, 2.05) is 6.07 Å². The van der Waals surface area contributed by atoms with Crippen molar-refractivity contribution >= 4 is 45.6 Å². The molecule has 1 aromatic rings. The third kappa shape index (κ3) is 1.32. The van der Waals surface area contributed by atoms with Gasteiger partial charge in [-0.25, -0.2) is 0 Å². The lowest BCUT2D eigenvalue weighted by Gasteiger charge is -2.13. The molecule has 0 aromatic heterocycles. The zero-order valence-electron chi connectivity index (χ0n) is 6.34. The molecule has 2 rings (SSSR count). The second-order valence-electron chi connectivity index (χ2n) is 2.73. The normalized spacial score (nSPS) is 30.1. The lowest BCUT2D eigenvalue weighted by molar-refractivity contribution is 0.681. The van der Waals surface area contributed by atoms with Gasteiger partial charge in [-0.05, 0) is 11.6 Å². The first-order valence-electron chi connectivity index (χ1n) is 3.58. The average molecular weight is 256 g/mol. The summed E-state index contributed by atoms with van der Waals surface area (Å²) in [6.45, 7) is 0. The molecular weight excluding hydrogens is 251 g/mol. The minimum absolute atomic E-state index is 0.604. The molecule has 1 aliphatic rings. The van der Waals surface area contributed by atoms with Crippen LogP contribution in [0, 0.1) is 0 Å². The first-order chi connectivity index (χ1) is 6.05. The van der Waals surface area contributed by atoms with Crippen molar-refractivity contribution in [2.45, 2.75) is 13.9 Å².